The maximum Gasteiger partial charge on any atom is 0.244 e. The molecule has 0 aliphatic carbocycles. The van der Waals surface area contributed by atoms with Gasteiger partial charge in [0.2, 0.25) is 5.91 Å². The summed E-state index contributed by atoms with van der Waals surface area (Å²) in [6.45, 7) is 0.196. The summed E-state index contributed by atoms with van der Waals surface area (Å²) in [4.78, 5) is 12.4. The molecule has 0 fully saturated rings. The van der Waals surface area contributed by atoms with Crippen molar-refractivity contribution < 1.29 is 14.3 Å². The van der Waals surface area contributed by atoms with Gasteiger partial charge in [-0.05, 0) is 34.1 Å². The second-order valence-corrected chi connectivity index (χ2v) is 6.09. The first-order valence-corrected chi connectivity index (χ1v) is 8.17. The summed E-state index contributed by atoms with van der Waals surface area (Å²) in [5.41, 5.74) is 1.63. The number of carbonyl (C=O) groups excluding carboxylic acids is 1. The summed E-state index contributed by atoms with van der Waals surface area (Å²) in [5.74, 6) is 1.29. The molecule has 0 bridgehead atoms. The number of anilines is 1. The van der Waals surface area contributed by atoms with Crippen LogP contribution in [0, 0.1) is 0 Å². The Bertz CT molecular complexity index is 889. The molecule has 124 valence electrons. The predicted molar refractivity (Wildman–Crippen MR) is 97.8 cm³/mol. The fraction of sp³-hybridized carbons (Fsp3) is 0.167. The lowest BCUT2D eigenvalue weighted by atomic mass is 10.2. The van der Waals surface area contributed by atoms with Gasteiger partial charge >= 0.3 is 0 Å². The van der Waals surface area contributed by atoms with E-state index < -0.39 is 0 Å². The maximum absolute atomic E-state index is 12.4. The number of methoxy groups -OCH3 is 2. The van der Waals surface area contributed by atoms with Gasteiger partial charge in [0.15, 0.2) is 0 Å². The smallest absolute Gasteiger partial charge is 0.244 e. The number of benzene rings is 2. The number of aromatic nitrogens is 1. The third kappa shape index (κ3) is 3.23. The van der Waals surface area contributed by atoms with E-state index in [0.29, 0.717) is 11.5 Å². The Balaban J connectivity index is 1.87. The number of nitrogens with one attached hydrogen (secondary N) is 1. The molecule has 1 heterocycles. The van der Waals surface area contributed by atoms with Gasteiger partial charge in [-0.15, -0.1) is 0 Å². The van der Waals surface area contributed by atoms with Crippen molar-refractivity contribution in [1.29, 1.82) is 0 Å². The number of amides is 1. The average molecular weight is 389 g/mol. The molecule has 1 N–H and O–H groups in total. The fourth-order valence-corrected chi connectivity index (χ4v) is 2.95. The number of nitrogens with zero attached hydrogens (tertiary/aromatic N) is 1. The van der Waals surface area contributed by atoms with E-state index in [1.54, 1.807) is 14.2 Å². The molecule has 24 heavy (non-hydrogen) atoms. The molecule has 3 aromatic rings. The van der Waals surface area contributed by atoms with Crippen LogP contribution >= 0.6 is 15.9 Å². The molecule has 0 aliphatic rings. The van der Waals surface area contributed by atoms with E-state index in [1.165, 1.54) is 0 Å². The standard InChI is InChI=1S/C18H17BrN2O3/c1-23-12-9-16-13(17(10-12)24-2)7-8-21(16)11-18(22)20-15-6-4-3-5-14(15)19/h3-10H,11H2,1-2H3,(H,20,22). The number of hydrogen-bond donors (Lipinski definition) is 1. The number of halogens is 1. The van der Waals surface area contributed by atoms with E-state index in [9.17, 15) is 4.79 Å². The van der Waals surface area contributed by atoms with Crippen LogP contribution in [0.4, 0.5) is 5.69 Å². The molecule has 0 radical (unpaired) electrons. The highest BCUT2D eigenvalue weighted by Gasteiger charge is 2.12. The summed E-state index contributed by atoms with van der Waals surface area (Å²) >= 11 is 3.43. The van der Waals surface area contributed by atoms with Crippen LogP contribution in [0.3, 0.4) is 0 Å². The number of rotatable bonds is 5. The van der Waals surface area contributed by atoms with Crippen molar-refractivity contribution in [3.63, 3.8) is 0 Å². The zero-order chi connectivity index (χ0) is 17.1. The molecule has 1 aromatic heterocycles. The Hall–Kier alpha value is -2.47. The van der Waals surface area contributed by atoms with Crippen LogP contribution in [0.25, 0.3) is 10.9 Å². The van der Waals surface area contributed by atoms with Gasteiger partial charge in [-0.2, -0.15) is 0 Å². The van der Waals surface area contributed by atoms with Crippen LogP contribution in [-0.4, -0.2) is 24.7 Å². The number of ether oxygens (including phenoxy) is 2. The van der Waals surface area contributed by atoms with Crippen molar-refractivity contribution in [3.8, 4) is 11.5 Å². The highest BCUT2D eigenvalue weighted by Crippen LogP contribution is 2.32. The van der Waals surface area contributed by atoms with Crippen molar-refractivity contribution in [2.45, 2.75) is 6.54 Å². The van der Waals surface area contributed by atoms with Crippen molar-refractivity contribution >= 4 is 38.4 Å². The minimum Gasteiger partial charge on any atom is -0.497 e. The number of carbonyl (C=O) groups is 1. The van der Waals surface area contributed by atoms with E-state index >= 15 is 0 Å². The van der Waals surface area contributed by atoms with Gasteiger partial charge < -0.3 is 19.4 Å². The molecule has 2 aromatic carbocycles. The van der Waals surface area contributed by atoms with Gasteiger partial charge in [0.25, 0.3) is 0 Å². The molecule has 3 rings (SSSR count). The highest BCUT2D eigenvalue weighted by atomic mass is 79.9. The molecule has 0 unspecified atom stereocenters. The normalized spacial score (nSPS) is 10.6. The van der Waals surface area contributed by atoms with E-state index in [2.05, 4.69) is 21.2 Å². The Kier molecular flexibility index (Phi) is 4.76. The van der Waals surface area contributed by atoms with E-state index in [-0.39, 0.29) is 12.5 Å². The molecular weight excluding hydrogens is 372 g/mol. The zero-order valence-electron chi connectivity index (χ0n) is 13.4. The Morgan fingerprint density at radius 1 is 1.17 bits per heavy atom. The first kappa shape index (κ1) is 16.4. The van der Waals surface area contributed by atoms with Crippen LogP contribution < -0.4 is 14.8 Å². The van der Waals surface area contributed by atoms with Gasteiger partial charge in [0, 0.05) is 28.2 Å². The minimum atomic E-state index is -0.110. The van der Waals surface area contributed by atoms with E-state index in [1.807, 2.05) is 53.2 Å². The Morgan fingerprint density at radius 2 is 1.96 bits per heavy atom. The lowest BCUT2D eigenvalue weighted by Gasteiger charge is -2.10. The molecule has 0 atom stereocenters. The summed E-state index contributed by atoms with van der Waals surface area (Å²) in [6.07, 6.45) is 1.87. The molecule has 0 aliphatic heterocycles. The van der Waals surface area contributed by atoms with Crippen molar-refractivity contribution in [2.75, 3.05) is 19.5 Å². The summed E-state index contributed by atoms with van der Waals surface area (Å²) in [7, 11) is 3.22. The van der Waals surface area contributed by atoms with Crippen LogP contribution in [0.1, 0.15) is 0 Å². The number of fused-ring (bicyclic) bond motifs is 1. The van der Waals surface area contributed by atoms with Gasteiger partial charge in [0.1, 0.15) is 18.0 Å². The lowest BCUT2D eigenvalue weighted by molar-refractivity contribution is -0.116. The molecule has 1 amide bonds. The van der Waals surface area contributed by atoms with Crippen LogP contribution in [0.2, 0.25) is 0 Å². The molecule has 5 nitrogen and oxygen atoms in total. The highest BCUT2D eigenvalue weighted by molar-refractivity contribution is 9.10. The van der Waals surface area contributed by atoms with Crippen molar-refractivity contribution in [3.05, 3.63) is 53.1 Å². The SMILES string of the molecule is COc1cc(OC)c2ccn(CC(=O)Nc3ccccc3Br)c2c1. The van der Waals surface area contributed by atoms with Crippen LogP contribution in [0.5, 0.6) is 11.5 Å². The van der Waals surface area contributed by atoms with Crippen molar-refractivity contribution in [1.82, 2.24) is 4.57 Å². The first-order chi connectivity index (χ1) is 11.6. The van der Waals surface area contributed by atoms with Gasteiger partial charge in [0.05, 0.1) is 25.4 Å². The van der Waals surface area contributed by atoms with Gasteiger partial charge in [-0.1, -0.05) is 12.1 Å². The monoisotopic (exact) mass is 388 g/mol. The topological polar surface area (TPSA) is 52.5 Å². The quantitative estimate of drug-likeness (QED) is 0.716. The molecular formula is C18H17BrN2O3. The number of para-hydroxylation sites is 1. The van der Waals surface area contributed by atoms with E-state index in [4.69, 9.17) is 9.47 Å². The number of hydrogen-bond acceptors (Lipinski definition) is 3. The average Bonchev–Trinajstić information content (AvgIpc) is 2.98. The van der Waals surface area contributed by atoms with Crippen LogP contribution in [-0.2, 0) is 11.3 Å². The summed E-state index contributed by atoms with van der Waals surface area (Å²) in [6, 6.07) is 13.2. The molecule has 6 heteroatoms. The maximum atomic E-state index is 12.4. The fourth-order valence-electron chi connectivity index (χ4n) is 2.57. The van der Waals surface area contributed by atoms with Gasteiger partial charge in [-0.3, -0.25) is 4.79 Å². The second-order valence-electron chi connectivity index (χ2n) is 5.23. The molecule has 0 spiro atoms. The summed E-state index contributed by atoms with van der Waals surface area (Å²) in [5, 5.41) is 3.84. The Morgan fingerprint density at radius 3 is 2.67 bits per heavy atom. The van der Waals surface area contributed by atoms with Crippen molar-refractivity contribution in [2.24, 2.45) is 0 Å². The minimum absolute atomic E-state index is 0.110. The molecule has 0 saturated carbocycles. The second kappa shape index (κ2) is 6.97. The third-order valence-electron chi connectivity index (χ3n) is 3.74. The lowest BCUT2D eigenvalue weighted by Crippen LogP contribution is -2.18. The largest absolute Gasteiger partial charge is 0.497 e. The third-order valence-corrected chi connectivity index (χ3v) is 4.43. The first-order valence-electron chi connectivity index (χ1n) is 7.37. The predicted octanol–water partition coefficient (Wildman–Crippen LogP) is 4.06. The van der Waals surface area contributed by atoms with Crippen LogP contribution in [0.15, 0.2) is 53.1 Å². The van der Waals surface area contributed by atoms with Gasteiger partial charge in [-0.25, -0.2) is 0 Å². The Labute approximate surface area is 148 Å². The zero-order valence-corrected chi connectivity index (χ0v) is 15.0. The van der Waals surface area contributed by atoms with E-state index in [0.717, 1.165) is 21.1 Å². The molecule has 0 saturated heterocycles. The summed E-state index contributed by atoms with van der Waals surface area (Å²) < 4.78 is 13.4.